The molecule has 0 unspecified atom stereocenters. The number of methoxy groups -OCH3 is 1. The third-order valence-corrected chi connectivity index (χ3v) is 4.21. The predicted molar refractivity (Wildman–Crippen MR) is 97.9 cm³/mol. The van der Waals surface area contributed by atoms with Gasteiger partial charge in [-0.1, -0.05) is 0 Å². The zero-order valence-corrected chi connectivity index (χ0v) is 15.5. The molecule has 3 rings (SSSR count). The number of aromatic amines is 1. The molecule has 126 valence electrons. The first kappa shape index (κ1) is 17.1. The molecule has 24 heavy (non-hydrogen) atoms. The Morgan fingerprint density at radius 2 is 1.96 bits per heavy atom. The van der Waals surface area contributed by atoms with E-state index >= 15 is 0 Å². The molecular formula is C16H17IN4O3. The number of aromatic nitrogens is 4. The summed E-state index contributed by atoms with van der Waals surface area (Å²) < 4.78 is 17.0. The van der Waals surface area contributed by atoms with Crippen LogP contribution in [0.2, 0.25) is 0 Å². The number of nitrogens with one attached hydrogen (secondary N) is 1. The maximum absolute atomic E-state index is 5.89. The van der Waals surface area contributed by atoms with Crippen LogP contribution in [0, 0.1) is 10.6 Å². The van der Waals surface area contributed by atoms with Gasteiger partial charge in [-0.05, 0) is 35.6 Å². The van der Waals surface area contributed by atoms with Crippen LogP contribution < -0.4 is 4.74 Å². The Labute approximate surface area is 152 Å². The van der Waals surface area contributed by atoms with E-state index < -0.39 is 0 Å². The molecule has 1 N–H and O–H groups in total. The molecule has 0 spiro atoms. The first-order valence-electron chi connectivity index (χ1n) is 7.35. The van der Waals surface area contributed by atoms with E-state index in [9.17, 15) is 0 Å². The third-order valence-electron chi connectivity index (χ3n) is 3.39. The highest BCUT2D eigenvalue weighted by molar-refractivity contribution is 14.1. The van der Waals surface area contributed by atoms with Crippen molar-refractivity contribution >= 4 is 33.5 Å². The van der Waals surface area contributed by atoms with Gasteiger partial charge in [0.15, 0.2) is 0 Å². The van der Waals surface area contributed by atoms with E-state index in [0.717, 1.165) is 37.3 Å². The molecule has 2 heterocycles. The molecule has 0 fully saturated rings. The van der Waals surface area contributed by atoms with Crippen LogP contribution in [0.15, 0.2) is 24.5 Å². The number of nitrogens with zero attached hydrogens (tertiary/aromatic N) is 3. The first-order valence-corrected chi connectivity index (χ1v) is 8.43. The average Bonchev–Trinajstić information content (AvgIpc) is 2.95. The fraction of sp³-hybridized carbons (Fsp3) is 0.312. The molecule has 0 amide bonds. The molecule has 0 aliphatic rings. The van der Waals surface area contributed by atoms with Gasteiger partial charge in [-0.25, -0.2) is 9.97 Å². The lowest BCUT2D eigenvalue weighted by Crippen LogP contribution is -2.08. The van der Waals surface area contributed by atoms with Crippen LogP contribution in [0.3, 0.4) is 0 Å². The van der Waals surface area contributed by atoms with E-state index in [2.05, 4.69) is 42.8 Å². The Morgan fingerprint density at radius 1 is 1.17 bits per heavy atom. The van der Waals surface area contributed by atoms with Crippen molar-refractivity contribution in [1.29, 1.82) is 0 Å². The van der Waals surface area contributed by atoms with Crippen LogP contribution in [-0.2, 0) is 9.47 Å². The van der Waals surface area contributed by atoms with Crippen molar-refractivity contribution in [3.05, 3.63) is 34.1 Å². The van der Waals surface area contributed by atoms with E-state index in [1.165, 1.54) is 0 Å². The van der Waals surface area contributed by atoms with E-state index in [0.29, 0.717) is 13.2 Å². The molecule has 3 aromatic rings. The number of rotatable bonds is 7. The van der Waals surface area contributed by atoms with Crippen molar-refractivity contribution in [2.45, 2.75) is 6.92 Å². The monoisotopic (exact) mass is 440 g/mol. The van der Waals surface area contributed by atoms with Crippen LogP contribution in [0.5, 0.6) is 5.75 Å². The molecule has 0 atom stereocenters. The molecule has 0 saturated carbocycles. The van der Waals surface area contributed by atoms with Gasteiger partial charge in [0.1, 0.15) is 28.7 Å². The number of ether oxygens (including phenoxy) is 3. The quantitative estimate of drug-likeness (QED) is 0.346. The highest BCUT2D eigenvalue weighted by Crippen LogP contribution is 2.34. The van der Waals surface area contributed by atoms with Crippen molar-refractivity contribution in [3.63, 3.8) is 0 Å². The van der Waals surface area contributed by atoms with Gasteiger partial charge in [0.2, 0.25) is 0 Å². The average molecular weight is 440 g/mol. The zero-order valence-electron chi connectivity index (χ0n) is 13.4. The standard InChI is InChI=1S/C16H17IN4O3/c1-10-18-7-11(8-19-10)12-5-13-14(20-21-16(13)17)6-15(12)24-4-3-23-9-22-2/h5-8H,3-4,9H2,1-2H3,(H,20,21). The number of H-pyrrole nitrogens is 1. The summed E-state index contributed by atoms with van der Waals surface area (Å²) in [5.41, 5.74) is 2.67. The summed E-state index contributed by atoms with van der Waals surface area (Å²) in [4.78, 5) is 8.55. The molecule has 0 aliphatic carbocycles. The first-order chi connectivity index (χ1) is 11.7. The smallest absolute Gasteiger partial charge is 0.146 e. The minimum absolute atomic E-state index is 0.249. The summed E-state index contributed by atoms with van der Waals surface area (Å²) >= 11 is 2.23. The minimum Gasteiger partial charge on any atom is -0.490 e. The van der Waals surface area contributed by atoms with E-state index in [1.807, 2.05) is 19.1 Å². The Kier molecular flexibility index (Phi) is 5.59. The van der Waals surface area contributed by atoms with E-state index in [-0.39, 0.29) is 6.79 Å². The molecule has 0 bridgehead atoms. The number of hydrogen-bond acceptors (Lipinski definition) is 6. The van der Waals surface area contributed by atoms with Gasteiger partial charge in [-0.2, -0.15) is 5.10 Å². The van der Waals surface area contributed by atoms with Crippen LogP contribution >= 0.6 is 22.6 Å². The third kappa shape index (κ3) is 3.82. The molecule has 0 radical (unpaired) electrons. The van der Waals surface area contributed by atoms with Crippen LogP contribution in [-0.4, -0.2) is 47.3 Å². The second-order valence-electron chi connectivity index (χ2n) is 5.09. The lowest BCUT2D eigenvalue weighted by Gasteiger charge is -2.12. The fourth-order valence-electron chi connectivity index (χ4n) is 2.24. The fourth-order valence-corrected chi connectivity index (χ4v) is 2.79. The summed E-state index contributed by atoms with van der Waals surface area (Å²) in [5.74, 6) is 1.45. The lowest BCUT2D eigenvalue weighted by atomic mass is 10.1. The van der Waals surface area contributed by atoms with Crippen molar-refractivity contribution < 1.29 is 14.2 Å². The van der Waals surface area contributed by atoms with Gasteiger partial charge >= 0.3 is 0 Å². The second-order valence-corrected chi connectivity index (χ2v) is 6.16. The number of aryl methyl sites for hydroxylation is 1. The highest BCUT2D eigenvalue weighted by atomic mass is 127. The van der Waals surface area contributed by atoms with E-state index in [4.69, 9.17) is 14.2 Å². The van der Waals surface area contributed by atoms with Gasteiger partial charge in [0, 0.05) is 42.1 Å². The molecule has 1 aromatic carbocycles. The van der Waals surface area contributed by atoms with Gasteiger partial charge < -0.3 is 14.2 Å². The Morgan fingerprint density at radius 3 is 2.71 bits per heavy atom. The normalized spacial score (nSPS) is 11.1. The summed E-state index contributed by atoms with van der Waals surface area (Å²) in [6.45, 7) is 2.96. The number of fused-ring (bicyclic) bond motifs is 1. The topological polar surface area (TPSA) is 82.1 Å². The van der Waals surface area contributed by atoms with Gasteiger partial charge in [0.05, 0.1) is 12.1 Å². The Hall–Kier alpha value is -1.78. The molecule has 8 heteroatoms. The molecule has 0 saturated heterocycles. The van der Waals surface area contributed by atoms with Crippen molar-refractivity contribution in [1.82, 2.24) is 20.2 Å². The van der Waals surface area contributed by atoms with Gasteiger partial charge in [-0.3, -0.25) is 5.10 Å². The van der Waals surface area contributed by atoms with E-state index in [1.54, 1.807) is 19.5 Å². The van der Waals surface area contributed by atoms with Gasteiger partial charge in [0.25, 0.3) is 0 Å². The summed E-state index contributed by atoms with van der Waals surface area (Å²) in [6.07, 6.45) is 3.59. The number of benzene rings is 1. The zero-order chi connectivity index (χ0) is 16.9. The maximum atomic E-state index is 5.89. The second kappa shape index (κ2) is 7.86. The van der Waals surface area contributed by atoms with Crippen LogP contribution in [0.25, 0.3) is 22.0 Å². The number of hydrogen-bond donors (Lipinski definition) is 1. The SMILES string of the molecule is COCOCCOc1cc2n[nH]c(I)c2cc1-c1cnc(C)nc1. The minimum atomic E-state index is 0.249. The van der Waals surface area contributed by atoms with Crippen molar-refractivity contribution in [2.75, 3.05) is 27.1 Å². The molecule has 7 nitrogen and oxygen atoms in total. The predicted octanol–water partition coefficient (Wildman–Crippen LogP) is 2.93. The summed E-state index contributed by atoms with van der Waals surface area (Å²) in [7, 11) is 1.59. The highest BCUT2D eigenvalue weighted by Gasteiger charge is 2.13. The maximum Gasteiger partial charge on any atom is 0.146 e. The number of halogens is 1. The molecular weight excluding hydrogens is 423 g/mol. The largest absolute Gasteiger partial charge is 0.490 e. The van der Waals surface area contributed by atoms with Crippen LogP contribution in [0.4, 0.5) is 0 Å². The summed E-state index contributed by atoms with van der Waals surface area (Å²) in [5, 5.41) is 8.31. The lowest BCUT2D eigenvalue weighted by molar-refractivity contribution is -0.0387. The van der Waals surface area contributed by atoms with Gasteiger partial charge in [-0.15, -0.1) is 0 Å². The van der Waals surface area contributed by atoms with Crippen LogP contribution in [0.1, 0.15) is 5.82 Å². The summed E-state index contributed by atoms with van der Waals surface area (Å²) in [6, 6.07) is 3.96. The van der Waals surface area contributed by atoms with Crippen molar-refractivity contribution in [3.8, 4) is 16.9 Å². The Balaban J connectivity index is 1.92. The molecule has 2 aromatic heterocycles. The Bertz CT molecular complexity index is 820. The molecule has 0 aliphatic heterocycles. The van der Waals surface area contributed by atoms with Crippen molar-refractivity contribution in [2.24, 2.45) is 0 Å².